The number of nitrogens with zero attached hydrogens (tertiary/aromatic N) is 3. The van der Waals surface area contributed by atoms with E-state index in [0.717, 1.165) is 16.7 Å². The molecule has 0 aromatic carbocycles. The summed E-state index contributed by atoms with van der Waals surface area (Å²) in [6.07, 6.45) is 0. The Hall–Kier alpha value is -0.680. The fourth-order valence-corrected chi connectivity index (χ4v) is 1.70. The van der Waals surface area contributed by atoms with E-state index >= 15 is 0 Å². The van der Waals surface area contributed by atoms with Gasteiger partial charge < -0.3 is 10.0 Å². The Morgan fingerprint density at radius 3 is 2.67 bits per heavy atom. The van der Waals surface area contributed by atoms with Crippen LogP contribution >= 0.6 is 11.3 Å². The summed E-state index contributed by atoms with van der Waals surface area (Å²) in [6, 6.07) is 0. The molecule has 0 radical (unpaired) electrons. The lowest BCUT2D eigenvalue weighted by Gasteiger charge is -2.16. The summed E-state index contributed by atoms with van der Waals surface area (Å²) >= 11 is 1.55. The van der Waals surface area contributed by atoms with E-state index < -0.39 is 0 Å². The maximum Gasteiger partial charge on any atom is 0.208 e. The summed E-state index contributed by atoms with van der Waals surface area (Å²) in [4.78, 5) is 2.00. The summed E-state index contributed by atoms with van der Waals surface area (Å²) < 4.78 is 0. The second-order valence-corrected chi connectivity index (χ2v) is 3.57. The van der Waals surface area contributed by atoms with Crippen LogP contribution < -0.4 is 4.90 Å². The lowest BCUT2D eigenvalue weighted by molar-refractivity contribution is 0.302. The van der Waals surface area contributed by atoms with Crippen molar-refractivity contribution in [2.75, 3.05) is 24.6 Å². The number of aryl methyl sites for hydroxylation is 1. The average Bonchev–Trinajstić information content (AvgIpc) is 2.47. The highest BCUT2D eigenvalue weighted by Crippen LogP contribution is 2.18. The van der Waals surface area contributed by atoms with Gasteiger partial charge in [0.1, 0.15) is 5.01 Å². The molecule has 1 heterocycles. The van der Waals surface area contributed by atoms with Gasteiger partial charge in [-0.1, -0.05) is 11.3 Å². The van der Waals surface area contributed by atoms with Gasteiger partial charge in [0, 0.05) is 13.1 Å². The van der Waals surface area contributed by atoms with E-state index in [2.05, 4.69) is 10.2 Å². The van der Waals surface area contributed by atoms with Gasteiger partial charge in [0.2, 0.25) is 5.13 Å². The number of hydrogen-bond donors (Lipinski definition) is 1. The van der Waals surface area contributed by atoms with Gasteiger partial charge in [-0.25, -0.2) is 0 Å². The number of aliphatic hydroxyl groups excluding tert-OH is 1. The van der Waals surface area contributed by atoms with Crippen LogP contribution in [0.1, 0.15) is 11.9 Å². The number of aliphatic hydroxyl groups is 1. The number of likely N-dealkylation sites (N-methyl/N-ethyl adjacent to an activating group) is 1. The molecule has 0 aliphatic heterocycles. The van der Waals surface area contributed by atoms with E-state index in [9.17, 15) is 0 Å². The van der Waals surface area contributed by atoms with Gasteiger partial charge >= 0.3 is 0 Å². The topological polar surface area (TPSA) is 49.2 Å². The monoisotopic (exact) mass is 187 g/mol. The number of aromatic nitrogens is 2. The van der Waals surface area contributed by atoms with Gasteiger partial charge in [-0.05, 0) is 13.8 Å². The van der Waals surface area contributed by atoms with Gasteiger partial charge in [-0.15, -0.1) is 10.2 Å². The molecule has 1 rings (SSSR count). The van der Waals surface area contributed by atoms with Crippen LogP contribution in [0.25, 0.3) is 0 Å². The summed E-state index contributed by atoms with van der Waals surface area (Å²) in [5.41, 5.74) is 0. The molecular weight excluding hydrogens is 174 g/mol. The summed E-state index contributed by atoms with van der Waals surface area (Å²) in [5.74, 6) is 0. The molecule has 1 aromatic rings. The van der Waals surface area contributed by atoms with Crippen LogP contribution in [0.2, 0.25) is 0 Å². The van der Waals surface area contributed by atoms with E-state index in [1.54, 1.807) is 11.3 Å². The molecule has 0 spiro atoms. The molecule has 12 heavy (non-hydrogen) atoms. The van der Waals surface area contributed by atoms with Crippen LogP contribution in [0.5, 0.6) is 0 Å². The van der Waals surface area contributed by atoms with Crippen molar-refractivity contribution in [2.45, 2.75) is 13.8 Å². The Morgan fingerprint density at radius 2 is 2.25 bits per heavy atom. The van der Waals surface area contributed by atoms with Gasteiger partial charge in [0.25, 0.3) is 0 Å². The minimum Gasteiger partial charge on any atom is -0.395 e. The van der Waals surface area contributed by atoms with Gasteiger partial charge in [0.15, 0.2) is 0 Å². The number of rotatable bonds is 4. The predicted octanol–water partition coefficient (Wildman–Crippen LogP) is 0.665. The predicted molar refractivity (Wildman–Crippen MR) is 49.6 cm³/mol. The van der Waals surface area contributed by atoms with Crippen molar-refractivity contribution in [3.63, 3.8) is 0 Å². The number of anilines is 1. The summed E-state index contributed by atoms with van der Waals surface area (Å²) in [6.45, 7) is 5.60. The number of hydrogen-bond acceptors (Lipinski definition) is 5. The van der Waals surface area contributed by atoms with Crippen molar-refractivity contribution in [2.24, 2.45) is 0 Å². The van der Waals surface area contributed by atoms with E-state index in [-0.39, 0.29) is 6.61 Å². The molecule has 0 aliphatic rings. The molecule has 1 aromatic heterocycles. The Labute approximate surface area is 75.9 Å². The SMILES string of the molecule is CCN(CCO)c1nnc(C)s1. The third kappa shape index (κ3) is 2.15. The Kier molecular flexibility index (Phi) is 3.43. The first-order valence-corrected chi connectivity index (χ1v) is 4.75. The molecule has 4 nitrogen and oxygen atoms in total. The summed E-state index contributed by atoms with van der Waals surface area (Å²) in [7, 11) is 0. The summed E-state index contributed by atoms with van der Waals surface area (Å²) in [5, 5.41) is 18.5. The molecule has 0 bridgehead atoms. The molecule has 0 aliphatic carbocycles. The quantitative estimate of drug-likeness (QED) is 0.752. The fourth-order valence-electron chi connectivity index (χ4n) is 0.924. The van der Waals surface area contributed by atoms with E-state index in [1.807, 2.05) is 18.7 Å². The molecule has 0 fully saturated rings. The Balaban J connectivity index is 2.66. The smallest absolute Gasteiger partial charge is 0.208 e. The second-order valence-electron chi connectivity index (χ2n) is 2.41. The van der Waals surface area contributed by atoms with E-state index in [4.69, 9.17) is 5.11 Å². The van der Waals surface area contributed by atoms with Crippen molar-refractivity contribution in [1.29, 1.82) is 0 Å². The van der Waals surface area contributed by atoms with Crippen LogP contribution in [-0.2, 0) is 0 Å². The lowest BCUT2D eigenvalue weighted by Crippen LogP contribution is -2.25. The fraction of sp³-hybridized carbons (Fsp3) is 0.714. The third-order valence-corrected chi connectivity index (χ3v) is 2.44. The van der Waals surface area contributed by atoms with Crippen LogP contribution in [-0.4, -0.2) is 35.0 Å². The zero-order chi connectivity index (χ0) is 8.97. The van der Waals surface area contributed by atoms with Crippen molar-refractivity contribution in [3.05, 3.63) is 5.01 Å². The van der Waals surface area contributed by atoms with Crippen LogP contribution in [0.4, 0.5) is 5.13 Å². The standard InChI is InChI=1S/C7H13N3OS/c1-3-10(4-5-11)7-9-8-6(2)12-7/h11H,3-5H2,1-2H3. The van der Waals surface area contributed by atoms with Crippen molar-refractivity contribution >= 4 is 16.5 Å². The molecule has 68 valence electrons. The normalized spacial score (nSPS) is 10.2. The molecule has 1 N–H and O–H groups in total. The first-order valence-electron chi connectivity index (χ1n) is 3.93. The highest BCUT2D eigenvalue weighted by molar-refractivity contribution is 7.15. The van der Waals surface area contributed by atoms with Crippen LogP contribution in [0, 0.1) is 6.92 Å². The average molecular weight is 187 g/mol. The largest absolute Gasteiger partial charge is 0.395 e. The van der Waals surface area contributed by atoms with Gasteiger partial charge in [-0.3, -0.25) is 0 Å². The molecule has 0 amide bonds. The highest BCUT2D eigenvalue weighted by atomic mass is 32.1. The minimum absolute atomic E-state index is 0.159. The molecule has 0 saturated carbocycles. The maximum atomic E-state index is 8.75. The van der Waals surface area contributed by atoms with E-state index in [1.165, 1.54) is 0 Å². The highest BCUT2D eigenvalue weighted by Gasteiger charge is 2.07. The molecule has 0 atom stereocenters. The molecular formula is C7H13N3OS. The zero-order valence-corrected chi connectivity index (χ0v) is 8.13. The van der Waals surface area contributed by atoms with Gasteiger partial charge in [-0.2, -0.15) is 0 Å². The zero-order valence-electron chi connectivity index (χ0n) is 7.32. The van der Waals surface area contributed by atoms with Crippen LogP contribution in [0.15, 0.2) is 0 Å². The van der Waals surface area contributed by atoms with Crippen molar-refractivity contribution < 1.29 is 5.11 Å². The maximum absolute atomic E-state index is 8.75. The first-order chi connectivity index (χ1) is 5.77. The first kappa shape index (κ1) is 9.41. The minimum atomic E-state index is 0.159. The molecule has 5 heteroatoms. The van der Waals surface area contributed by atoms with E-state index in [0.29, 0.717) is 6.54 Å². The third-order valence-electron chi connectivity index (χ3n) is 1.54. The molecule has 0 saturated heterocycles. The Morgan fingerprint density at radius 1 is 1.50 bits per heavy atom. The van der Waals surface area contributed by atoms with Crippen LogP contribution in [0.3, 0.4) is 0 Å². The Bertz CT molecular complexity index is 238. The lowest BCUT2D eigenvalue weighted by atomic mass is 10.5. The van der Waals surface area contributed by atoms with Crippen molar-refractivity contribution in [1.82, 2.24) is 10.2 Å². The van der Waals surface area contributed by atoms with Crippen molar-refractivity contribution in [3.8, 4) is 0 Å². The molecule has 0 unspecified atom stereocenters. The van der Waals surface area contributed by atoms with Gasteiger partial charge in [0.05, 0.1) is 6.61 Å². The second kappa shape index (κ2) is 4.37.